The van der Waals surface area contributed by atoms with Gasteiger partial charge in [-0.05, 0) is 36.4 Å². The number of hydrogen-bond donors (Lipinski definition) is 2. The Balaban J connectivity index is 1.82. The summed E-state index contributed by atoms with van der Waals surface area (Å²) in [6.45, 7) is 0. The fourth-order valence-corrected chi connectivity index (χ4v) is 2.51. The van der Waals surface area contributed by atoms with Crippen molar-refractivity contribution in [2.75, 3.05) is 17.7 Å². The number of benzene rings is 2. The van der Waals surface area contributed by atoms with Crippen molar-refractivity contribution in [1.29, 1.82) is 0 Å². The average molecular weight is 397 g/mol. The van der Waals surface area contributed by atoms with Gasteiger partial charge >= 0.3 is 0 Å². The molecule has 25 heavy (non-hydrogen) atoms. The van der Waals surface area contributed by atoms with E-state index in [9.17, 15) is 0 Å². The predicted molar refractivity (Wildman–Crippen MR) is 101 cm³/mol. The highest BCUT2D eigenvalue weighted by Crippen LogP contribution is 2.30. The van der Waals surface area contributed by atoms with Crippen molar-refractivity contribution in [3.63, 3.8) is 0 Å². The van der Waals surface area contributed by atoms with Gasteiger partial charge in [-0.25, -0.2) is 0 Å². The first-order chi connectivity index (χ1) is 12.0. The second kappa shape index (κ2) is 7.74. The normalized spacial score (nSPS) is 10.4. The van der Waals surface area contributed by atoms with Crippen LogP contribution in [0.25, 0.3) is 0 Å². The molecule has 2 N–H and O–H groups in total. The third kappa shape index (κ3) is 4.42. The molecule has 6 nitrogen and oxygen atoms in total. The lowest BCUT2D eigenvalue weighted by Gasteiger charge is -2.11. The van der Waals surface area contributed by atoms with E-state index < -0.39 is 0 Å². The lowest BCUT2D eigenvalue weighted by molar-refractivity contribution is 0.417. The zero-order valence-electron chi connectivity index (χ0n) is 12.9. The molecule has 0 fully saturated rings. The van der Waals surface area contributed by atoms with Crippen LogP contribution >= 0.6 is 34.8 Å². The average Bonchev–Trinajstić information content (AvgIpc) is 2.59. The summed E-state index contributed by atoms with van der Waals surface area (Å²) in [4.78, 5) is 4.35. The van der Waals surface area contributed by atoms with Gasteiger partial charge in [-0.3, -0.25) is 0 Å². The van der Waals surface area contributed by atoms with Crippen LogP contribution in [-0.4, -0.2) is 22.3 Å². The van der Waals surface area contributed by atoms with Gasteiger partial charge in [0.1, 0.15) is 5.75 Å². The second-order valence-electron chi connectivity index (χ2n) is 4.89. The number of nitrogens with one attached hydrogen (secondary N) is 2. The maximum absolute atomic E-state index is 6.02. The lowest BCUT2D eigenvalue weighted by atomic mass is 10.3. The molecular weight excluding hydrogens is 385 g/mol. The highest BCUT2D eigenvalue weighted by molar-refractivity contribution is 6.42. The Morgan fingerprint density at radius 2 is 1.80 bits per heavy atom. The minimum Gasteiger partial charge on any atom is -0.495 e. The summed E-state index contributed by atoms with van der Waals surface area (Å²) in [7, 11) is 1.57. The molecule has 0 saturated carbocycles. The summed E-state index contributed by atoms with van der Waals surface area (Å²) in [5.74, 6) is 1.37. The Morgan fingerprint density at radius 1 is 0.960 bits per heavy atom. The molecule has 1 aromatic heterocycles. The topological polar surface area (TPSA) is 72.0 Å². The van der Waals surface area contributed by atoms with Crippen LogP contribution in [0.3, 0.4) is 0 Å². The largest absolute Gasteiger partial charge is 0.495 e. The third-order valence-electron chi connectivity index (χ3n) is 3.16. The number of aromatic nitrogens is 3. The molecule has 0 spiro atoms. The molecule has 3 aromatic rings. The molecule has 0 radical (unpaired) electrons. The molecule has 0 atom stereocenters. The zero-order chi connectivity index (χ0) is 17.8. The first-order valence-electron chi connectivity index (χ1n) is 7.07. The minimum absolute atomic E-state index is 0.283. The Kier molecular flexibility index (Phi) is 5.43. The van der Waals surface area contributed by atoms with Crippen LogP contribution in [0, 0.1) is 0 Å². The molecule has 0 aliphatic carbocycles. The van der Waals surface area contributed by atoms with Gasteiger partial charge in [0.2, 0.25) is 5.95 Å². The monoisotopic (exact) mass is 395 g/mol. The van der Waals surface area contributed by atoms with Gasteiger partial charge in [0.15, 0.2) is 5.82 Å². The number of ether oxygens (including phenoxy) is 1. The van der Waals surface area contributed by atoms with Crippen molar-refractivity contribution in [1.82, 2.24) is 15.2 Å². The van der Waals surface area contributed by atoms with E-state index in [1.807, 2.05) is 0 Å². The van der Waals surface area contributed by atoms with E-state index in [1.54, 1.807) is 43.5 Å². The molecule has 3 rings (SSSR count). The summed E-state index contributed by atoms with van der Waals surface area (Å²) in [5.41, 5.74) is 1.35. The Morgan fingerprint density at radius 3 is 2.56 bits per heavy atom. The van der Waals surface area contributed by atoms with Crippen LogP contribution < -0.4 is 15.4 Å². The molecule has 0 amide bonds. The van der Waals surface area contributed by atoms with E-state index in [2.05, 4.69) is 25.8 Å². The van der Waals surface area contributed by atoms with Gasteiger partial charge in [0.25, 0.3) is 0 Å². The van der Waals surface area contributed by atoms with E-state index in [0.29, 0.717) is 32.3 Å². The van der Waals surface area contributed by atoms with Gasteiger partial charge in [0.05, 0.1) is 29.0 Å². The fraction of sp³-hybridized carbons (Fsp3) is 0.0625. The van der Waals surface area contributed by atoms with Gasteiger partial charge in [0, 0.05) is 10.7 Å². The van der Waals surface area contributed by atoms with Crippen LogP contribution in [0.15, 0.2) is 42.6 Å². The smallest absolute Gasteiger partial charge is 0.249 e. The Bertz CT molecular complexity index is 907. The highest BCUT2D eigenvalue weighted by atomic mass is 35.5. The number of methoxy groups -OCH3 is 1. The Labute approximate surface area is 159 Å². The lowest BCUT2D eigenvalue weighted by Crippen LogP contribution is -2.03. The number of nitrogens with zero attached hydrogens (tertiary/aromatic N) is 3. The summed E-state index contributed by atoms with van der Waals surface area (Å²) in [6, 6.07) is 10.4. The molecule has 0 saturated heterocycles. The fourth-order valence-electron chi connectivity index (χ4n) is 2.04. The number of rotatable bonds is 5. The predicted octanol–water partition coefficient (Wildman–Crippen LogP) is 5.33. The van der Waals surface area contributed by atoms with Crippen molar-refractivity contribution in [3.05, 3.63) is 57.7 Å². The quantitative estimate of drug-likeness (QED) is 0.607. The summed E-state index contributed by atoms with van der Waals surface area (Å²) in [5, 5.41) is 15.5. The van der Waals surface area contributed by atoms with Gasteiger partial charge in [-0.2, -0.15) is 10.1 Å². The standard InChI is InChI=1S/C16H12Cl3N5O/c1-25-14-5-2-9(17)6-13(14)22-16-23-15(8-20-24-16)21-10-3-4-11(18)12(19)7-10/h2-8H,1H3,(H2,21,22,23,24). The molecule has 128 valence electrons. The van der Waals surface area contributed by atoms with Crippen LogP contribution in [0.5, 0.6) is 5.75 Å². The molecule has 0 aliphatic heterocycles. The van der Waals surface area contributed by atoms with Crippen molar-refractivity contribution < 1.29 is 4.74 Å². The Hall–Kier alpha value is -2.28. The SMILES string of the molecule is COc1ccc(Cl)cc1Nc1nncc(Nc2ccc(Cl)c(Cl)c2)n1. The summed E-state index contributed by atoms with van der Waals surface area (Å²) < 4.78 is 5.28. The minimum atomic E-state index is 0.283. The third-order valence-corrected chi connectivity index (χ3v) is 4.13. The maximum Gasteiger partial charge on any atom is 0.249 e. The molecule has 0 aliphatic rings. The molecule has 9 heteroatoms. The van der Waals surface area contributed by atoms with E-state index >= 15 is 0 Å². The van der Waals surface area contributed by atoms with Crippen molar-refractivity contribution in [3.8, 4) is 5.75 Å². The summed E-state index contributed by atoms with van der Waals surface area (Å²) in [6.07, 6.45) is 1.49. The maximum atomic E-state index is 6.02. The number of halogens is 3. The van der Waals surface area contributed by atoms with Crippen molar-refractivity contribution >= 4 is 57.9 Å². The second-order valence-corrected chi connectivity index (χ2v) is 6.14. The molecule has 0 unspecified atom stereocenters. The van der Waals surface area contributed by atoms with Crippen LogP contribution in [-0.2, 0) is 0 Å². The van der Waals surface area contributed by atoms with Crippen LogP contribution in [0.2, 0.25) is 15.1 Å². The van der Waals surface area contributed by atoms with Gasteiger partial charge in [-0.1, -0.05) is 34.8 Å². The van der Waals surface area contributed by atoms with Gasteiger partial charge in [-0.15, -0.1) is 5.10 Å². The van der Waals surface area contributed by atoms with E-state index in [1.165, 1.54) is 6.20 Å². The first-order valence-corrected chi connectivity index (χ1v) is 8.21. The van der Waals surface area contributed by atoms with Crippen molar-refractivity contribution in [2.45, 2.75) is 0 Å². The molecular formula is C16H12Cl3N5O. The van der Waals surface area contributed by atoms with Crippen molar-refractivity contribution in [2.24, 2.45) is 0 Å². The van der Waals surface area contributed by atoms with E-state index in [4.69, 9.17) is 39.5 Å². The molecule has 0 bridgehead atoms. The first kappa shape index (κ1) is 17.5. The zero-order valence-corrected chi connectivity index (χ0v) is 15.2. The van der Waals surface area contributed by atoms with E-state index in [-0.39, 0.29) is 5.95 Å². The van der Waals surface area contributed by atoms with Crippen LogP contribution in [0.1, 0.15) is 0 Å². The number of hydrogen-bond acceptors (Lipinski definition) is 6. The highest BCUT2D eigenvalue weighted by Gasteiger charge is 2.08. The van der Waals surface area contributed by atoms with E-state index in [0.717, 1.165) is 5.69 Å². The molecule has 1 heterocycles. The summed E-state index contributed by atoms with van der Waals surface area (Å²) >= 11 is 17.9. The number of anilines is 4. The van der Waals surface area contributed by atoms with Crippen LogP contribution in [0.4, 0.5) is 23.1 Å². The van der Waals surface area contributed by atoms with Gasteiger partial charge < -0.3 is 15.4 Å². The molecule has 2 aromatic carbocycles.